The number of ether oxygens (including phenoxy) is 1. The van der Waals surface area contributed by atoms with Crippen LogP contribution in [0.25, 0.3) is 33.8 Å². The summed E-state index contributed by atoms with van der Waals surface area (Å²) in [5, 5.41) is 3.88. The van der Waals surface area contributed by atoms with Crippen LogP contribution in [0.1, 0.15) is 35.0 Å². The molecule has 0 spiro atoms. The number of fused-ring (bicyclic) bond motifs is 3. The normalized spacial score (nSPS) is 14.0. The van der Waals surface area contributed by atoms with Gasteiger partial charge in [0.25, 0.3) is 0 Å². The zero-order valence-electron chi connectivity index (χ0n) is 20.8. The third-order valence-electron chi connectivity index (χ3n) is 6.94. The van der Waals surface area contributed by atoms with E-state index in [-0.39, 0.29) is 6.61 Å². The number of hydrogen-bond acceptors (Lipinski definition) is 6. The van der Waals surface area contributed by atoms with E-state index in [0.29, 0.717) is 35.0 Å². The van der Waals surface area contributed by atoms with Crippen LogP contribution in [0.4, 0.5) is 4.39 Å². The molecule has 192 valence electrons. The number of benzene rings is 3. The predicted molar refractivity (Wildman–Crippen MR) is 142 cm³/mol. The average Bonchev–Trinajstić information content (AvgIpc) is 3.68. The van der Waals surface area contributed by atoms with Gasteiger partial charge in [-0.3, -0.25) is 9.51 Å². The van der Waals surface area contributed by atoms with Gasteiger partial charge in [0.1, 0.15) is 18.2 Å². The molecule has 7 rings (SSSR count). The van der Waals surface area contributed by atoms with E-state index in [0.717, 1.165) is 39.1 Å². The Morgan fingerprint density at radius 1 is 1.05 bits per heavy atom. The summed E-state index contributed by atoms with van der Waals surface area (Å²) < 4.78 is 32.8. The minimum absolute atomic E-state index is 0.238. The van der Waals surface area contributed by atoms with E-state index in [1.807, 2.05) is 55.5 Å². The van der Waals surface area contributed by atoms with E-state index in [1.54, 1.807) is 12.3 Å². The maximum Gasteiger partial charge on any atom is 0.439 e. The fourth-order valence-corrected chi connectivity index (χ4v) is 5.16. The Morgan fingerprint density at radius 2 is 1.92 bits per heavy atom. The quantitative estimate of drug-likeness (QED) is 0.305. The van der Waals surface area contributed by atoms with Crippen molar-refractivity contribution in [1.29, 1.82) is 0 Å². The van der Waals surface area contributed by atoms with Crippen LogP contribution in [0, 0.1) is 5.82 Å². The third kappa shape index (κ3) is 3.95. The molecule has 6 aromatic rings. The van der Waals surface area contributed by atoms with Crippen LogP contribution in [0.3, 0.4) is 0 Å². The molecular formula is C30H21FN4O4. The van der Waals surface area contributed by atoms with E-state index in [1.165, 1.54) is 12.1 Å². The first-order chi connectivity index (χ1) is 19.0. The number of aromatic nitrogens is 4. The Hall–Kier alpha value is -5.18. The molecule has 3 aromatic carbocycles. The predicted octanol–water partition coefficient (Wildman–Crippen LogP) is 6.03. The second-order valence-electron chi connectivity index (χ2n) is 9.35. The van der Waals surface area contributed by atoms with Crippen LogP contribution >= 0.6 is 0 Å². The molecule has 4 heterocycles. The fourth-order valence-electron chi connectivity index (χ4n) is 5.16. The first-order valence-electron chi connectivity index (χ1n) is 12.4. The van der Waals surface area contributed by atoms with E-state index >= 15 is 0 Å². The van der Waals surface area contributed by atoms with Crippen molar-refractivity contribution in [1.82, 2.24) is 19.7 Å². The van der Waals surface area contributed by atoms with Gasteiger partial charge in [-0.1, -0.05) is 29.4 Å². The summed E-state index contributed by atoms with van der Waals surface area (Å²) in [7, 11) is 0. The standard InChI is InChI=1S/C30H21FN4O4/c1-17(28-33-30(36)39-34-28)27-21-10-8-18(13-19(21)16-38-26-14-20(31)9-11-22(26)27)15-35-24-6-3-2-5-23(24)32-29(35)25-7-4-12-37-25/h2-14H,15-16H2,1H3,(H,33,34,36)/b27-17-. The van der Waals surface area contributed by atoms with Gasteiger partial charge in [-0.25, -0.2) is 14.2 Å². The Bertz CT molecular complexity index is 1950. The Kier molecular flexibility index (Phi) is 5.29. The van der Waals surface area contributed by atoms with Crippen LogP contribution in [0.5, 0.6) is 5.75 Å². The Labute approximate surface area is 221 Å². The molecule has 0 aliphatic carbocycles. The zero-order valence-corrected chi connectivity index (χ0v) is 20.8. The van der Waals surface area contributed by atoms with Crippen LogP contribution < -0.4 is 10.5 Å². The van der Waals surface area contributed by atoms with Crippen molar-refractivity contribution in [2.24, 2.45) is 0 Å². The molecule has 1 aliphatic heterocycles. The monoisotopic (exact) mass is 520 g/mol. The number of nitrogens with one attached hydrogen (secondary N) is 1. The lowest BCUT2D eigenvalue weighted by Crippen LogP contribution is -2.04. The average molecular weight is 521 g/mol. The van der Waals surface area contributed by atoms with E-state index in [9.17, 15) is 9.18 Å². The van der Waals surface area contributed by atoms with Gasteiger partial charge < -0.3 is 13.7 Å². The van der Waals surface area contributed by atoms with Gasteiger partial charge >= 0.3 is 5.76 Å². The molecule has 9 heteroatoms. The van der Waals surface area contributed by atoms with Gasteiger partial charge in [0, 0.05) is 23.7 Å². The van der Waals surface area contributed by atoms with Crippen molar-refractivity contribution >= 4 is 22.2 Å². The minimum atomic E-state index is -0.648. The summed E-state index contributed by atoms with van der Waals surface area (Å²) in [5.41, 5.74) is 6.85. The molecule has 0 amide bonds. The van der Waals surface area contributed by atoms with Crippen LogP contribution in [-0.2, 0) is 13.2 Å². The highest BCUT2D eigenvalue weighted by Crippen LogP contribution is 2.41. The lowest BCUT2D eigenvalue weighted by molar-refractivity contribution is 0.305. The molecule has 0 radical (unpaired) electrons. The number of furan rings is 1. The lowest BCUT2D eigenvalue weighted by Gasteiger charge is -2.15. The minimum Gasteiger partial charge on any atom is -0.488 e. The molecule has 0 bridgehead atoms. The second kappa shape index (κ2) is 8.98. The maximum atomic E-state index is 14.2. The number of H-pyrrole nitrogens is 1. The first kappa shape index (κ1) is 23.0. The molecule has 3 aromatic heterocycles. The molecule has 1 aliphatic rings. The van der Waals surface area contributed by atoms with Crippen molar-refractivity contribution in [3.8, 4) is 17.3 Å². The number of hydrogen-bond donors (Lipinski definition) is 1. The molecule has 0 saturated carbocycles. The van der Waals surface area contributed by atoms with Crippen LogP contribution in [-0.4, -0.2) is 19.7 Å². The summed E-state index contributed by atoms with van der Waals surface area (Å²) >= 11 is 0. The van der Waals surface area contributed by atoms with Crippen molar-refractivity contribution in [2.45, 2.75) is 20.1 Å². The maximum absolute atomic E-state index is 14.2. The second-order valence-corrected chi connectivity index (χ2v) is 9.35. The third-order valence-corrected chi connectivity index (χ3v) is 6.94. The van der Waals surface area contributed by atoms with Gasteiger partial charge in [-0.05, 0) is 71.7 Å². The number of imidazole rings is 1. The number of para-hydroxylation sites is 2. The highest BCUT2D eigenvalue weighted by molar-refractivity contribution is 5.99. The largest absolute Gasteiger partial charge is 0.488 e. The summed E-state index contributed by atoms with van der Waals surface area (Å²) in [6.07, 6.45) is 1.64. The Balaban J connectivity index is 1.37. The summed E-state index contributed by atoms with van der Waals surface area (Å²) in [6.45, 7) is 2.62. The lowest BCUT2D eigenvalue weighted by atomic mass is 9.89. The van der Waals surface area contributed by atoms with E-state index in [4.69, 9.17) is 18.7 Å². The highest BCUT2D eigenvalue weighted by atomic mass is 19.1. The van der Waals surface area contributed by atoms with Crippen LogP contribution in [0.2, 0.25) is 0 Å². The van der Waals surface area contributed by atoms with E-state index in [2.05, 4.69) is 20.8 Å². The number of aromatic amines is 1. The van der Waals surface area contributed by atoms with Gasteiger partial charge in [-0.15, -0.1) is 0 Å². The summed E-state index contributed by atoms with van der Waals surface area (Å²) in [6, 6.07) is 22.3. The van der Waals surface area contributed by atoms with Crippen LogP contribution in [0.15, 0.2) is 92.8 Å². The van der Waals surface area contributed by atoms with Gasteiger partial charge in [0.15, 0.2) is 17.4 Å². The number of halogens is 1. The molecule has 0 saturated heterocycles. The van der Waals surface area contributed by atoms with Crippen molar-refractivity contribution < 1.29 is 18.1 Å². The summed E-state index contributed by atoms with van der Waals surface area (Å²) in [5.74, 6) is 1.09. The number of rotatable bonds is 4. The van der Waals surface area contributed by atoms with Gasteiger partial charge in [-0.2, -0.15) is 0 Å². The highest BCUT2D eigenvalue weighted by Gasteiger charge is 2.24. The van der Waals surface area contributed by atoms with Gasteiger partial charge in [0.05, 0.1) is 17.3 Å². The number of allylic oxidation sites excluding steroid dienone is 1. The van der Waals surface area contributed by atoms with Crippen molar-refractivity contribution in [3.63, 3.8) is 0 Å². The fraction of sp³-hybridized carbons (Fsp3) is 0.100. The van der Waals surface area contributed by atoms with Gasteiger partial charge in [0.2, 0.25) is 0 Å². The number of nitrogens with zero attached hydrogens (tertiary/aromatic N) is 3. The molecule has 39 heavy (non-hydrogen) atoms. The molecular weight excluding hydrogens is 499 g/mol. The smallest absolute Gasteiger partial charge is 0.439 e. The molecule has 0 unspecified atom stereocenters. The summed E-state index contributed by atoms with van der Waals surface area (Å²) in [4.78, 5) is 19.1. The molecule has 1 N–H and O–H groups in total. The zero-order chi connectivity index (χ0) is 26.5. The van der Waals surface area contributed by atoms with E-state index < -0.39 is 11.6 Å². The SMILES string of the molecule is C/C(=C1\c2ccc(Cn3c(-c4ccco4)nc4ccccc43)cc2COc2cc(F)ccc21)c1noc(=O)[nH]1. The Morgan fingerprint density at radius 3 is 2.74 bits per heavy atom. The first-order valence-corrected chi connectivity index (χ1v) is 12.4. The topological polar surface area (TPSA) is 99.1 Å². The molecule has 0 atom stereocenters. The molecule has 0 fully saturated rings. The molecule has 8 nitrogen and oxygen atoms in total. The van der Waals surface area contributed by atoms with Crippen molar-refractivity contribution in [3.05, 3.63) is 124 Å². The van der Waals surface area contributed by atoms with Crippen molar-refractivity contribution in [2.75, 3.05) is 0 Å².